The predicted molar refractivity (Wildman–Crippen MR) is 116 cm³/mol. The number of ether oxygens (including phenoxy) is 1. The summed E-state index contributed by atoms with van der Waals surface area (Å²) in [5, 5.41) is 7.96. The van der Waals surface area contributed by atoms with Crippen LogP contribution < -0.4 is 10.1 Å². The Morgan fingerprint density at radius 2 is 1.68 bits per heavy atom. The first-order valence-electron chi connectivity index (χ1n) is 10.2. The average molecular weight is 410 g/mol. The molecule has 0 spiro atoms. The standard InChI is InChI=1S/C25H19FN4O/c1-15-6-8-17(9-7-15)24-21-22(19-4-2-3-5-20(19)31-24)29-25-27-14-28-30(25)23(21)16-10-12-18(26)13-11-16/h2-14,23-24H,1H3,(H,27,28,29)/t23-,24+/m0/s1. The van der Waals surface area contributed by atoms with E-state index in [4.69, 9.17) is 4.74 Å². The fraction of sp³-hybridized carbons (Fsp3) is 0.120. The minimum absolute atomic E-state index is 0.272. The number of anilines is 1. The second kappa shape index (κ2) is 6.80. The summed E-state index contributed by atoms with van der Waals surface area (Å²) in [4.78, 5) is 4.42. The SMILES string of the molecule is Cc1ccc([C@H]2Oc3ccccc3C3=C2[C@H](c2ccc(F)cc2)n2ncnc2N3)cc1. The summed E-state index contributed by atoms with van der Waals surface area (Å²) in [5.74, 6) is 1.18. The van der Waals surface area contributed by atoms with E-state index in [2.05, 4.69) is 46.6 Å². The molecule has 0 saturated heterocycles. The molecular weight excluding hydrogens is 391 g/mol. The number of aryl methyl sites for hydroxylation is 1. The number of fused-ring (bicyclic) bond motifs is 3. The maximum absolute atomic E-state index is 13.7. The normalized spacial score (nSPS) is 19.0. The second-order valence-electron chi connectivity index (χ2n) is 7.84. The van der Waals surface area contributed by atoms with Crippen molar-refractivity contribution >= 4 is 11.6 Å². The molecule has 1 aromatic heterocycles. The molecule has 2 atom stereocenters. The van der Waals surface area contributed by atoms with Crippen molar-refractivity contribution in [3.63, 3.8) is 0 Å². The molecule has 152 valence electrons. The maximum atomic E-state index is 13.7. The highest BCUT2D eigenvalue weighted by molar-refractivity contribution is 5.85. The molecule has 0 aliphatic carbocycles. The highest BCUT2D eigenvalue weighted by atomic mass is 19.1. The average Bonchev–Trinajstić information content (AvgIpc) is 3.27. The van der Waals surface area contributed by atoms with Crippen LogP contribution in [0, 0.1) is 12.7 Å². The van der Waals surface area contributed by atoms with Crippen molar-refractivity contribution in [2.75, 3.05) is 5.32 Å². The molecule has 3 heterocycles. The Morgan fingerprint density at radius 3 is 2.48 bits per heavy atom. The Balaban J connectivity index is 1.62. The number of para-hydroxylation sites is 1. The van der Waals surface area contributed by atoms with Crippen molar-refractivity contribution in [3.8, 4) is 5.75 Å². The van der Waals surface area contributed by atoms with Crippen molar-refractivity contribution in [2.45, 2.75) is 19.1 Å². The minimum atomic E-state index is -0.328. The van der Waals surface area contributed by atoms with Crippen molar-refractivity contribution < 1.29 is 9.13 Å². The number of halogens is 1. The maximum Gasteiger partial charge on any atom is 0.226 e. The molecule has 2 aliphatic rings. The number of benzene rings is 3. The van der Waals surface area contributed by atoms with E-state index in [1.165, 1.54) is 24.0 Å². The van der Waals surface area contributed by atoms with Crippen LogP contribution in [0.4, 0.5) is 10.3 Å². The molecule has 2 aliphatic heterocycles. The third kappa shape index (κ3) is 2.83. The van der Waals surface area contributed by atoms with Gasteiger partial charge in [0.1, 0.15) is 30.0 Å². The first-order chi connectivity index (χ1) is 15.2. The van der Waals surface area contributed by atoms with E-state index in [9.17, 15) is 4.39 Å². The summed E-state index contributed by atoms with van der Waals surface area (Å²) < 4.78 is 22.1. The molecule has 6 rings (SSSR count). The second-order valence-corrected chi connectivity index (χ2v) is 7.84. The molecular formula is C25H19FN4O. The van der Waals surface area contributed by atoms with E-state index < -0.39 is 0 Å². The fourth-order valence-electron chi connectivity index (χ4n) is 4.40. The van der Waals surface area contributed by atoms with Gasteiger partial charge in [-0.05, 0) is 42.3 Å². The third-order valence-corrected chi connectivity index (χ3v) is 5.89. The molecule has 1 N–H and O–H groups in total. The van der Waals surface area contributed by atoms with Crippen LogP contribution >= 0.6 is 0 Å². The fourth-order valence-corrected chi connectivity index (χ4v) is 4.40. The number of hydrogen-bond donors (Lipinski definition) is 1. The molecule has 0 radical (unpaired) electrons. The van der Waals surface area contributed by atoms with Crippen LogP contribution in [-0.2, 0) is 0 Å². The first kappa shape index (κ1) is 17.9. The Labute approximate surface area is 178 Å². The smallest absolute Gasteiger partial charge is 0.226 e. The van der Waals surface area contributed by atoms with E-state index in [0.717, 1.165) is 33.7 Å². The van der Waals surface area contributed by atoms with Gasteiger partial charge in [-0.25, -0.2) is 9.07 Å². The zero-order valence-electron chi connectivity index (χ0n) is 16.8. The minimum Gasteiger partial charge on any atom is -0.480 e. The lowest BCUT2D eigenvalue weighted by Crippen LogP contribution is -2.32. The van der Waals surface area contributed by atoms with E-state index in [1.54, 1.807) is 12.1 Å². The monoisotopic (exact) mass is 410 g/mol. The van der Waals surface area contributed by atoms with Gasteiger partial charge in [0.25, 0.3) is 0 Å². The highest BCUT2D eigenvalue weighted by Crippen LogP contribution is 2.50. The van der Waals surface area contributed by atoms with Crippen molar-refractivity contribution in [3.05, 3.63) is 113 Å². The lowest BCUT2D eigenvalue weighted by Gasteiger charge is -2.39. The van der Waals surface area contributed by atoms with Crippen LogP contribution in [0.2, 0.25) is 0 Å². The number of hydrogen-bond acceptors (Lipinski definition) is 4. The third-order valence-electron chi connectivity index (χ3n) is 5.89. The Morgan fingerprint density at radius 1 is 0.935 bits per heavy atom. The number of nitrogens with one attached hydrogen (secondary N) is 1. The van der Waals surface area contributed by atoms with Crippen LogP contribution in [0.3, 0.4) is 0 Å². The topological polar surface area (TPSA) is 52.0 Å². The van der Waals surface area contributed by atoms with Crippen LogP contribution in [0.5, 0.6) is 5.75 Å². The molecule has 6 heteroatoms. The largest absolute Gasteiger partial charge is 0.480 e. The summed E-state index contributed by atoms with van der Waals surface area (Å²) in [6.07, 6.45) is 1.20. The number of aromatic nitrogens is 3. The summed E-state index contributed by atoms with van der Waals surface area (Å²) in [6.45, 7) is 2.07. The van der Waals surface area contributed by atoms with Gasteiger partial charge in [0.2, 0.25) is 5.95 Å². The summed E-state index contributed by atoms with van der Waals surface area (Å²) in [6, 6.07) is 22.6. The molecule has 31 heavy (non-hydrogen) atoms. The Hall–Kier alpha value is -3.93. The van der Waals surface area contributed by atoms with E-state index in [-0.39, 0.29) is 18.0 Å². The van der Waals surface area contributed by atoms with Crippen LogP contribution in [0.1, 0.15) is 34.4 Å². The van der Waals surface area contributed by atoms with Crippen molar-refractivity contribution in [1.82, 2.24) is 14.8 Å². The summed E-state index contributed by atoms with van der Waals surface area (Å²) in [7, 11) is 0. The highest BCUT2D eigenvalue weighted by Gasteiger charge is 2.40. The molecule has 4 aromatic rings. The summed E-state index contributed by atoms with van der Waals surface area (Å²) >= 11 is 0. The van der Waals surface area contributed by atoms with Crippen molar-refractivity contribution in [1.29, 1.82) is 0 Å². The lowest BCUT2D eigenvalue weighted by molar-refractivity contribution is 0.223. The van der Waals surface area contributed by atoms with Crippen molar-refractivity contribution in [2.24, 2.45) is 0 Å². The Bertz CT molecular complexity index is 1310. The van der Waals surface area contributed by atoms with Gasteiger partial charge in [0, 0.05) is 11.1 Å². The van der Waals surface area contributed by atoms with Gasteiger partial charge in [-0.2, -0.15) is 10.1 Å². The van der Waals surface area contributed by atoms with Gasteiger partial charge in [-0.3, -0.25) is 0 Å². The van der Waals surface area contributed by atoms with E-state index >= 15 is 0 Å². The Kier molecular flexibility index (Phi) is 3.93. The number of nitrogens with zero attached hydrogens (tertiary/aromatic N) is 3. The summed E-state index contributed by atoms with van der Waals surface area (Å²) in [5.41, 5.74) is 6.11. The van der Waals surface area contributed by atoms with Crippen LogP contribution in [0.15, 0.2) is 84.7 Å². The molecule has 0 saturated carbocycles. The molecule has 0 unspecified atom stereocenters. The van der Waals surface area contributed by atoms with Gasteiger partial charge in [-0.1, -0.05) is 54.1 Å². The molecule has 0 bridgehead atoms. The van der Waals surface area contributed by atoms with E-state index in [1.807, 2.05) is 28.9 Å². The molecule has 3 aromatic carbocycles. The van der Waals surface area contributed by atoms with Gasteiger partial charge in [0.05, 0.1) is 5.70 Å². The van der Waals surface area contributed by atoms with Crippen LogP contribution in [-0.4, -0.2) is 14.8 Å². The van der Waals surface area contributed by atoms with Crippen LogP contribution in [0.25, 0.3) is 5.70 Å². The number of rotatable bonds is 2. The van der Waals surface area contributed by atoms with Gasteiger partial charge in [0.15, 0.2) is 0 Å². The van der Waals surface area contributed by atoms with Gasteiger partial charge < -0.3 is 10.1 Å². The molecule has 5 nitrogen and oxygen atoms in total. The van der Waals surface area contributed by atoms with E-state index in [0.29, 0.717) is 5.95 Å². The first-order valence-corrected chi connectivity index (χ1v) is 10.2. The molecule has 0 amide bonds. The van der Waals surface area contributed by atoms with Gasteiger partial charge in [-0.15, -0.1) is 0 Å². The zero-order valence-corrected chi connectivity index (χ0v) is 16.8. The molecule has 0 fully saturated rings. The predicted octanol–water partition coefficient (Wildman–Crippen LogP) is 5.29. The zero-order chi connectivity index (χ0) is 20.9. The quantitative estimate of drug-likeness (QED) is 0.488. The lowest BCUT2D eigenvalue weighted by atomic mass is 9.84. The van der Waals surface area contributed by atoms with Gasteiger partial charge >= 0.3 is 0 Å².